The molecule has 0 aromatic heterocycles. The molecule has 9 heavy (non-hydrogen) atoms. The highest BCUT2D eigenvalue weighted by atomic mass is 14.5. The van der Waals surface area contributed by atoms with Gasteiger partial charge in [-0.15, -0.1) is 5.69 Å². The minimum atomic E-state index is 0.634. The van der Waals surface area contributed by atoms with Crippen LogP contribution in [0.1, 0.15) is 11.1 Å². The van der Waals surface area contributed by atoms with Gasteiger partial charge in [0.25, 0.3) is 0 Å². The number of hydrogen-bond acceptors (Lipinski definition) is 0. The first-order chi connectivity index (χ1) is 4.20. The Kier molecular flexibility index (Phi) is 1.43. The number of nitrogens with one attached hydrogen (secondary N) is 1. The molecule has 48 valence electrons. The van der Waals surface area contributed by atoms with E-state index in [-0.39, 0.29) is 0 Å². The molecule has 0 aliphatic rings. The predicted octanol–water partition coefficient (Wildman–Crippen LogP) is 2.99. The first-order valence-electron chi connectivity index (χ1n) is 2.99. The molecule has 0 fully saturated rings. The van der Waals surface area contributed by atoms with Crippen molar-refractivity contribution in [1.82, 2.24) is 0 Å². The molecule has 0 aliphatic carbocycles. The summed E-state index contributed by atoms with van der Waals surface area (Å²) in [6.45, 7) is 3.94. The van der Waals surface area contributed by atoms with Gasteiger partial charge in [0.05, 0.1) is 0 Å². The van der Waals surface area contributed by atoms with Gasteiger partial charge >= 0.3 is 0 Å². The van der Waals surface area contributed by atoms with E-state index < -0.39 is 0 Å². The normalized spacial score (nSPS) is 9.56. The zero-order valence-corrected chi connectivity index (χ0v) is 5.73. The Bertz CT molecular complexity index is 216. The lowest BCUT2D eigenvalue weighted by atomic mass is 10.1. The molecule has 0 heterocycles. The largest absolute Gasteiger partial charge is 0.698 e. The van der Waals surface area contributed by atoms with Gasteiger partial charge in [0.15, 0.2) is 0 Å². The molecule has 0 atom stereocenters. The third-order valence-electron chi connectivity index (χ3n) is 1.39. The van der Waals surface area contributed by atoms with Crippen molar-refractivity contribution in [3.63, 3.8) is 0 Å². The van der Waals surface area contributed by atoms with Gasteiger partial charge in [-0.3, -0.25) is 0 Å². The lowest BCUT2D eigenvalue weighted by molar-refractivity contribution is 1.41. The van der Waals surface area contributed by atoms with Crippen LogP contribution in [0, 0.1) is 13.8 Å². The van der Waals surface area contributed by atoms with E-state index in [1.807, 2.05) is 32.0 Å². The number of rotatable bonds is 0. The van der Waals surface area contributed by atoms with Gasteiger partial charge in [0.2, 0.25) is 0 Å². The van der Waals surface area contributed by atoms with Crippen LogP contribution in [0.25, 0.3) is 5.73 Å². The second-order valence-electron chi connectivity index (χ2n) is 2.32. The summed E-state index contributed by atoms with van der Waals surface area (Å²) >= 11 is 0. The number of aryl methyl sites for hydroxylation is 2. The standard InChI is InChI=1S/C8H10N/c1-6-3-4-7(2)8(9)5-6/h3-5,9H,1-2H3/q-1. The van der Waals surface area contributed by atoms with E-state index in [4.69, 9.17) is 5.73 Å². The van der Waals surface area contributed by atoms with E-state index in [1.54, 1.807) is 0 Å². The maximum Gasteiger partial charge on any atom is -0.0398 e. The molecule has 1 rings (SSSR count). The van der Waals surface area contributed by atoms with Gasteiger partial charge in [0, 0.05) is 0 Å². The van der Waals surface area contributed by atoms with Crippen LogP contribution < -0.4 is 0 Å². The van der Waals surface area contributed by atoms with Gasteiger partial charge in [-0.1, -0.05) is 29.3 Å². The lowest BCUT2D eigenvalue weighted by Crippen LogP contribution is -1.73. The highest BCUT2D eigenvalue weighted by Gasteiger charge is 1.84. The smallest absolute Gasteiger partial charge is 0.0398 e. The third kappa shape index (κ3) is 1.22. The molecule has 0 saturated heterocycles. The van der Waals surface area contributed by atoms with Crippen LogP contribution in [-0.4, -0.2) is 0 Å². The fourth-order valence-electron chi connectivity index (χ4n) is 0.736. The zero-order valence-electron chi connectivity index (χ0n) is 5.73. The summed E-state index contributed by atoms with van der Waals surface area (Å²) in [6.07, 6.45) is 0. The molecule has 1 heteroatoms. The second kappa shape index (κ2) is 2.09. The first kappa shape index (κ1) is 6.14. The zero-order chi connectivity index (χ0) is 6.85. The Morgan fingerprint density at radius 3 is 2.33 bits per heavy atom. The van der Waals surface area contributed by atoms with Crippen molar-refractivity contribution in [2.45, 2.75) is 13.8 Å². The molecule has 1 N–H and O–H groups in total. The summed E-state index contributed by atoms with van der Waals surface area (Å²) in [5.41, 5.74) is 10.2. The minimum Gasteiger partial charge on any atom is -0.698 e. The number of benzene rings is 1. The lowest BCUT2D eigenvalue weighted by Gasteiger charge is -2.07. The van der Waals surface area contributed by atoms with Gasteiger partial charge in [0.1, 0.15) is 0 Å². The summed E-state index contributed by atoms with van der Waals surface area (Å²) in [6, 6.07) is 5.86. The summed E-state index contributed by atoms with van der Waals surface area (Å²) < 4.78 is 0. The Hall–Kier alpha value is -0.980. The van der Waals surface area contributed by atoms with Crippen LogP contribution >= 0.6 is 0 Å². The average Bonchev–Trinajstić information content (AvgIpc) is 1.80. The highest BCUT2D eigenvalue weighted by Crippen LogP contribution is 2.17. The molecule has 1 aromatic rings. The molecular weight excluding hydrogens is 110 g/mol. The van der Waals surface area contributed by atoms with E-state index in [0.717, 1.165) is 11.1 Å². The van der Waals surface area contributed by atoms with Gasteiger partial charge in [-0.25, -0.2) is 0 Å². The van der Waals surface area contributed by atoms with Gasteiger partial charge in [-0.2, -0.15) is 0 Å². The summed E-state index contributed by atoms with van der Waals surface area (Å²) in [7, 11) is 0. The quantitative estimate of drug-likeness (QED) is 0.502. The summed E-state index contributed by atoms with van der Waals surface area (Å²) in [5.74, 6) is 0. The maximum absolute atomic E-state index is 7.36. The van der Waals surface area contributed by atoms with Gasteiger partial charge in [-0.05, 0) is 13.8 Å². The Morgan fingerprint density at radius 2 is 1.89 bits per heavy atom. The Labute approximate surface area is 55.5 Å². The summed E-state index contributed by atoms with van der Waals surface area (Å²) in [4.78, 5) is 0. The molecule has 0 spiro atoms. The van der Waals surface area contributed by atoms with Crippen LogP contribution in [0.15, 0.2) is 18.2 Å². The van der Waals surface area contributed by atoms with Crippen molar-refractivity contribution in [2.24, 2.45) is 0 Å². The van der Waals surface area contributed by atoms with Gasteiger partial charge < -0.3 is 5.73 Å². The molecule has 1 aromatic carbocycles. The van der Waals surface area contributed by atoms with E-state index in [0.29, 0.717) is 5.69 Å². The van der Waals surface area contributed by atoms with Crippen molar-refractivity contribution >= 4 is 5.69 Å². The Morgan fingerprint density at radius 1 is 1.22 bits per heavy atom. The monoisotopic (exact) mass is 120 g/mol. The number of hydrogen-bond donors (Lipinski definition) is 0. The molecule has 0 amide bonds. The average molecular weight is 120 g/mol. The van der Waals surface area contributed by atoms with E-state index in [9.17, 15) is 0 Å². The molecule has 1 nitrogen and oxygen atoms in total. The molecule has 0 saturated carbocycles. The van der Waals surface area contributed by atoms with Crippen molar-refractivity contribution in [3.05, 3.63) is 35.1 Å². The van der Waals surface area contributed by atoms with Crippen molar-refractivity contribution in [1.29, 1.82) is 0 Å². The van der Waals surface area contributed by atoms with E-state index in [1.165, 1.54) is 0 Å². The minimum absolute atomic E-state index is 0.634. The van der Waals surface area contributed by atoms with E-state index >= 15 is 0 Å². The predicted molar refractivity (Wildman–Crippen MR) is 39.9 cm³/mol. The van der Waals surface area contributed by atoms with Crippen LogP contribution in [-0.2, 0) is 0 Å². The summed E-state index contributed by atoms with van der Waals surface area (Å²) in [5, 5.41) is 0. The molecule has 0 aliphatic heterocycles. The van der Waals surface area contributed by atoms with Crippen molar-refractivity contribution in [3.8, 4) is 0 Å². The highest BCUT2D eigenvalue weighted by molar-refractivity contribution is 5.51. The van der Waals surface area contributed by atoms with Crippen LogP contribution in [0.4, 0.5) is 5.69 Å². The van der Waals surface area contributed by atoms with Crippen molar-refractivity contribution in [2.75, 3.05) is 0 Å². The van der Waals surface area contributed by atoms with Crippen molar-refractivity contribution < 1.29 is 0 Å². The fourth-order valence-corrected chi connectivity index (χ4v) is 0.736. The third-order valence-corrected chi connectivity index (χ3v) is 1.39. The Balaban J connectivity index is 3.17. The van der Waals surface area contributed by atoms with Crippen LogP contribution in [0.2, 0.25) is 0 Å². The molecule has 0 bridgehead atoms. The second-order valence-corrected chi connectivity index (χ2v) is 2.32. The molecule has 0 radical (unpaired) electrons. The molecular formula is C8H10N-. The maximum atomic E-state index is 7.36. The SMILES string of the molecule is Cc1ccc(C)c([NH-])c1. The topological polar surface area (TPSA) is 23.8 Å². The van der Waals surface area contributed by atoms with Crippen LogP contribution in [0.3, 0.4) is 0 Å². The molecule has 0 unspecified atom stereocenters. The fraction of sp³-hybridized carbons (Fsp3) is 0.250. The van der Waals surface area contributed by atoms with E-state index in [2.05, 4.69) is 0 Å². The van der Waals surface area contributed by atoms with Crippen LogP contribution in [0.5, 0.6) is 0 Å². The first-order valence-corrected chi connectivity index (χ1v) is 2.99.